The number of carbonyl (C=O) groups is 1. The molecule has 2 atom stereocenters. The molecule has 2 unspecified atom stereocenters. The molecule has 0 spiro atoms. The molecule has 0 saturated carbocycles. The van der Waals surface area contributed by atoms with Gasteiger partial charge in [0, 0.05) is 24.2 Å². The molecule has 2 heterocycles. The van der Waals surface area contributed by atoms with Crippen molar-refractivity contribution in [3.8, 4) is 0 Å². The molecular weight excluding hydrogens is 300 g/mol. The number of hydrogen-bond acceptors (Lipinski definition) is 4. The zero-order valence-electron chi connectivity index (χ0n) is 12.8. The van der Waals surface area contributed by atoms with Crippen LogP contribution in [0.4, 0.5) is 0 Å². The van der Waals surface area contributed by atoms with Gasteiger partial charge in [0.05, 0.1) is 4.90 Å². The SMILES string of the molecule is CC(=O)c1ccc(S(=O)(=O)NC2CCN3CCCCC23)cc1. The molecule has 1 aromatic rings. The number of nitrogens with one attached hydrogen (secondary N) is 1. The highest BCUT2D eigenvalue weighted by Crippen LogP contribution is 2.28. The van der Waals surface area contributed by atoms with Crippen LogP contribution in [0.1, 0.15) is 43.0 Å². The first-order valence-corrected chi connectivity index (χ1v) is 9.33. The van der Waals surface area contributed by atoms with Gasteiger partial charge in [0.2, 0.25) is 10.0 Å². The second-order valence-electron chi connectivity index (χ2n) is 6.20. The topological polar surface area (TPSA) is 66.5 Å². The van der Waals surface area contributed by atoms with Gasteiger partial charge in [0.1, 0.15) is 0 Å². The van der Waals surface area contributed by atoms with Crippen molar-refractivity contribution in [3.05, 3.63) is 29.8 Å². The van der Waals surface area contributed by atoms with Crippen LogP contribution < -0.4 is 4.72 Å². The maximum absolute atomic E-state index is 12.5. The zero-order chi connectivity index (χ0) is 15.7. The van der Waals surface area contributed by atoms with Gasteiger partial charge in [-0.05, 0) is 44.9 Å². The molecule has 2 saturated heterocycles. The van der Waals surface area contributed by atoms with E-state index >= 15 is 0 Å². The van der Waals surface area contributed by atoms with Crippen molar-refractivity contribution < 1.29 is 13.2 Å². The average Bonchev–Trinajstić information content (AvgIpc) is 2.90. The largest absolute Gasteiger partial charge is 0.299 e. The summed E-state index contributed by atoms with van der Waals surface area (Å²) in [6.07, 6.45) is 4.32. The van der Waals surface area contributed by atoms with E-state index in [0.717, 1.165) is 25.9 Å². The summed E-state index contributed by atoms with van der Waals surface area (Å²) in [5.41, 5.74) is 0.526. The Kier molecular flexibility index (Phi) is 4.34. The summed E-state index contributed by atoms with van der Waals surface area (Å²) in [6.45, 7) is 3.52. The Morgan fingerprint density at radius 3 is 2.55 bits per heavy atom. The number of piperidine rings is 1. The number of sulfonamides is 1. The highest BCUT2D eigenvalue weighted by atomic mass is 32.2. The maximum atomic E-state index is 12.5. The van der Waals surface area contributed by atoms with Crippen LogP contribution in [0, 0.1) is 0 Å². The van der Waals surface area contributed by atoms with Gasteiger partial charge in [-0.25, -0.2) is 13.1 Å². The van der Waals surface area contributed by atoms with Crippen molar-refractivity contribution in [1.29, 1.82) is 0 Å². The van der Waals surface area contributed by atoms with Gasteiger partial charge >= 0.3 is 0 Å². The number of Topliss-reactive ketones (excluding diaryl/α,β-unsaturated/α-hetero) is 1. The molecule has 0 aromatic heterocycles. The van der Waals surface area contributed by atoms with Crippen LogP contribution in [0.5, 0.6) is 0 Å². The summed E-state index contributed by atoms with van der Waals surface area (Å²) in [5.74, 6) is -0.0643. The van der Waals surface area contributed by atoms with E-state index in [-0.39, 0.29) is 16.7 Å². The first-order valence-electron chi connectivity index (χ1n) is 7.85. The van der Waals surface area contributed by atoms with E-state index in [1.807, 2.05) is 0 Å². The van der Waals surface area contributed by atoms with Crippen molar-refractivity contribution in [2.75, 3.05) is 13.1 Å². The highest BCUT2D eigenvalue weighted by Gasteiger charge is 2.37. The van der Waals surface area contributed by atoms with Gasteiger partial charge < -0.3 is 0 Å². The lowest BCUT2D eigenvalue weighted by Gasteiger charge is -2.32. The van der Waals surface area contributed by atoms with E-state index < -0.39 is 10.0 Å². The number of hydrogen-bond donors (Lipinski definition) is 1. The summed E-state index contributed by atoms with van der Waals surface area (Å²) in [5, 5.41) is 0. The third-order valence-corrected chi connectivity index (χ3v) is 6.24. The van der Waals surface area contributed by atoms with E-state index in [0.29, 0.717) is 11.6 Å². The third kappa shape index (κ3) is 3.09. The lowest BCUT2D eigenvalue weighted by molar-refractivity contribution is 0.101. The fraction of sp³-hybridized carbons (Fsp3) is 0.562. The summed E-state index contributed by atoms with van der Waals surface area (Å²) in [6, 6.07) is 6.48. The molecule has 6 heteroatoms. The Labute approximate surface area is 131 Å². The molecule has 0 aliphatic carbocycles. The van der Waals surface area contributed by atoms with Gasteiger partial charge in [0.15, 0.2) is 5.78 Å². The first kappa shape index (κ1) is 15.6. The Morgan fingerprint density at radius 1 is 1.14 bits per heavy atom. The predicted octanol–water partition coefficient (Wildman–Crippen LogP) is 1.79. The van der Waals surface area contributed by atoms with Gasteiger partial charge in [-0.2, -0.15) is 0 Å². The molecule has 3 rings (SSSR count). The van der Waals surface area contributed by atoms with Crippen LogP contribution >= 0.6 is 0 Å². The van der Waals surface area contributed by atoms with Gasteiger partial charge in [-0.15, -0.1) is 0 Å². The fourth-order valence-electron chi connectivity index (χ4n) is 3.52. The Hall–Kier alpha value is -1.24. The van der Waals surface area contributed by atoms with E-state index in [9.17, 15) is 13.2 Å². The minimum atomic E-state index is -3.52. The monoisotopic (exact) mass is 322 g/mol. The second kappa shape index (κ2) is 6.10. The van der Waals surface area contributed by atoms with Crippen molar-refractivity contribution in [3.63, 3.8) is 0 Å². The molecule has 1 aromatic carbocycles. The van der Waals surface area contributed by atoms with E-state index in [1.54, 1.807) is 12.1 Å². The Bertz CT molecular complexity index is 654. The summed E-state index contributed by atoms with van der Waals surface area (Å²) in [7, 11) is -3.52. The molecule has 1 N–H and O–H groups in total. The van der Waals surface area contributed by atoms with Crippen LogP contribution in [-0.4, -0.2) is 44.3 Å². The number of ketones is 1. The molecule has 0 bridgehead atoms. The Morgan fingerprint density at radius 2 is 1.86 bits per heavy atom. The van der Waals surface area contributed by atoms with Crippen LogP contribution in [0.2, 0.25) is 0 Å². The Balaban J connectivity index is 1.74. The standard InChI is InChI=1S/C16H22N2O3S/c1-12(19)13-5-7-14(8-6-13)22(20,21)17-15-9-11-18-10-3-2-4-16(15)18/h5-8,15-17H,2-4,9-11H2,1H3. The van der Waals surface area contributed by atoms with Crippen molar-refractivity contribution in [2.24, 2.45) is 0 Å². The molecule has 2 aliphatic rings. The smallest absolute Gasteiger partial charge is 0.240 e. The van der Waals surface area contributed by atoms with Crippen LogP contribution in [0.25, 0.3) is 0 Å². The number of fused-ring (bicyclic) bond motifs is 1. The molecule has 0 amide bonds. The molecule has 22 heavy (non-hydrogen) atoms. The number of benzene rings is 1. The molecule has 0 radical (unpaired) electrons. The highest BCUT2D eigenvalue weighted by molar-refractivity contribution is 7.89. The van der Waals surface area contributed by atoms with Crippen LogP contribution in [0.3, 0.4) is 0 Å². The van der Waals surface area contributed by atoms with E-state index in [2.05, 4.69) is 9.62 Å². The molecule has 2 fully saturated rings. The average molecular weight is 322 g/mol. The van der Waals surface area contributed by atoms with Crippen LogP contribution in [-0.2, 0) is 10.0 Å². The predicted molar refractivity (Wildman–Crippen MR) is 84.4 cm³/mol. The third-order valence-electron chi connectivity index (χ3n) is 4.73. The second-order valence-corrected chi connectivity index (χ2v) is 7.91. The molecular formula is C16H22N2O3S. The number of carbonyl (C=O) groups excluding carboxylic acids is 1. The number of nitrogens with zero attached hydrogens (tertiary/aromatic N) is 1. The van der Waals surface area contributed by atoms with Crippen LogP contribution in [0.15, 0.2) is 29.2 Å². The summed E-state index contributed by atoms with van der Waals surface area (Å²) in [4.78, 5) is 13.9. The lowest BCUT2D eigenvalue weighted by Crippen LogP contribution is -2.46. The summed E-state index contributed by atoms with van der Waals surface area (Å²) < 4.78 is 27.9. The van der Waals surface area contributed by atoms with Crippen molar-refractivity contribution in [2.45, 2.75) is 49.6 Å². The van der Waals surface area contributed by atoms with Gasteiger partial charge in [-0.3, -0.25) is 9.69 Å². The van der Waals surface area contributed by atoms with Gasteiger partial charge in [0.25, 0.3) is 0 Å². The minimum Gasteiger partial charge on any atom is -0.299 e. The minimum absolute atomic E-state index is 0.00205. The van der Waals surface area contributed by atoms with Crippen molar-refractivity contribution in [1.82, 2.24) is 9.62 Å². The van der Waals surface area contributed by atoms with Gasteiger partial charge in [-0.1, -0.05) is 18.6 Å². The fourth-order valence-corrected chi connectivity index (χ4v) is 4.82. The zero-order valence-corrected chi connectivity index (χ0v) is 13.6. The van der Waals surface area contributed by atoms with Crippen molar-refractivity contribution >= 4 is 15.8 Å². The summed E-state index contributed by atoms with van der Waals surface area (Å²) >= 11 is 0. The molecule has 5 nitrogen and oxygen atoms in total. The molecule has 2 aliphatic heterocycles. The van der Waals surface area contributed by atoms with E-state index in [1.165, 1.54) is 31.9 Å². The molecule has 120 valence electrons. The number of rotatable bonds is 4. The van der Waals surface area contributed by atoms with E-state index in [4.69, 9.17) is 0 Å². The quantitative estimate of drug-likeness (QED) is 0.858. The maximum Gasteiger partial charge on any atom is 0.240 e. The first-order chi connectivity index (χ1) is 10.5. The lowest BCUT2D eigenvalue weighted by atomic mass is 10.00. The normalized spacial score (nSPS) is 25.9.